The van der Waals surface area contributed by atoms with Gasteiger partial charge in [0.1, 0.15) is 24.3 Å². The molecule has 3 aromatic heterocycles. The van der Waals surface area contributed by atoms with Crippen LogP contribution in [-0.2, 0) is 0 Å². The summed E-state index contributed by atoms with van der Waals surface area (Å²) in [7, 11) is 0. The number of carbonyl (C=O) groups is 1. The monoisotopic (exact) mass is 447 g/mol. The number of ether oxygens (including phenoxy) is 1. The summed E-state index contributed by atoms with van der Waals surface area (Å²) in [5, 5.41) is 26.2. The molecule has 0 aliphatic heterocycles. The van der Waals surface area contributed by atoms with Crippen LogP contribution >= 0.6 is 0 Å². The highest BCUT2D eigenvalue weighted by molar-refractivity contribution is 6.04. The second-order valence-electron chi connectivity index (χ2n) is 7.80. The molecule has 0 bridgehead atoms. The van der Waals surface area contributed by atoms with Gasteiger partial charge in [0, 0.05) is 11.3 Å². The molecule has 3 heterocycles. The quantitative estimate of drug-likeness (QED) is 0.398. The maximum absolute atomic E-state index is 13.1. The Hall–Kier alpha value is -3.82. The molecule has 1 atom stereocenters. The van der Waals surface area contributed by atoms with Crippen LogP contribution in [0.2, 0.25) is 0 Å². The Labute approximate surface area is 190 Å². The fraction of sp³-hybridized carbons (Fsp3) is 0.250. The van der Waals surface area contributed by atoms with E-state index >= 15 is 0 Å². The van der Waals surface area contributed by atoms with Crippen molar-refractivity contribution in [1.82, 2.24) is 19.6 Å². The summed E-state index contributed by atoms with van der Waals surface area (Å²) >= 11 is 0. The second-order valence-corrected chi connectivity index (χ2v) is 7.80. The number of aliphatic hydroxyl groups excluding tert-OH is 2. The number of amides is 1. The molecule has 0 fully saturated rings. The number of para-hydroxylation sites is 1. The molecule has 0 spiro atoms. The van der Waals surface area contributed by atoms with Gasteiger partial charge in [-0.3, -0.25) is 4.79 Å². The van der Waals surface area contributed by atoms with Crippen LogP contribution < -0.4 is 10.1 Å². The molecule has 9 nitrogen and oxygen atoms in total. The highest BCUT2D eigenvalue weighted by atomic mass is 16.5. The molecule has 0 saturated heterocycles. The number of fused-ring (bicyclic) bond motifs is 1. The van der Waals surface area contributed by atoms with E-state index in [1.807, 2.05) is 32.0 Å². The highest BCUT2D eigenvalue weighted by Crippen LogP contribution is 2.29. The third-order valence-electron chi connectivity index (χ3n) is 5.01. The first kappa shape index (κ1) is 22.4. The minimum Gasteiger partial charge on any atom is -0.490 e. The summed E-state index contributed by atoms with van der Waals surface area (Å²) in [6.45, 7) is 5.11. The average molecular weight is 447 g/mol. The number of pyridine rings is 1. The third kappa shape index (κ3) is 4.84. The van der Waals surface area contributed by atoms with Gasteiger partial charge in [-0.25, -0.2) is 14.5 Å². The Kier molecular flexibility index (Phi) is 6.34. The lowest BCUT2D eigenvalue weighted by Crippen LogP contribution is -2.21. The van der Waals surface area contributed by atoms with Crippen LogP contribution in [0.4, 0.5) is 5.82 Å². The van der Waals surface area contributed by atoms with Crippen molar-refractivity contribution < 1.29 is 19.7 Å². The standard InChI is InChI=1S/C24H25N5O4/c1-14-10-15(2)25-21(11-14)27-24(32)23-16(3)26-22-9-8-19(28-29(22)23)18-6-4-5-7-20(18)33-13-17(31)12-30/h4-11,17,30-31H,12-13H2,1-3H3,(H,25,27,32). The Bertz CT molecular complexity index is 1300. The molecule has 1 aromatic carbocycles. The Balaban J connectivity index is 1.70. The summed E-state index contributed by atoms with van der Waals surface area (Å²) in [4.78, 5) is 22.0. The van der Waals surface area contributed by atoms with Crippen molar-refractivity contribution >= 4 is 17.4 Å². The molecule has 0 saturated carbocycles. The van der Waals surface area contributed by atoms with Gasteiger partial charge in [0.05, 0.1) is 18.0 Å². The van der Waals surface area contributed by atoms with E-state index in [-0.39, 0.29) is 12.5 Å². The topological polar surface area (TPSA) is 122 Å². The first-order valence-corrected chi connectivity index (χ1v) is 10.5. The summed E-state index contributed by atoms with van der Waals surface area (Å²) in [6.07, 6.45) is -0.987. The van der Waals surface area contributed by atoms with Crippen LogP contribution in [-0.4, -0.2) is 55.0 Å². The van der Waals surface area contributed by atoms with Crippen molar-refractivity contribution in [3.05, 3.63) is 71.2 Å². The molecule has 33 heavy (non-hydrogen) atoms. The number of benzene rings is 1. The van der Waals surface area contributed by atoms with Crippen molar-refractivity contribution in [3.63, 3.8) is 0 Å². The van der Waals surface area contributed by atoms with E-state index in [0.717, 1.165) is 11.3 Å². The van der Waals surface area contributed by atoms with Crippen LogP contribution in [0.3, 0.4) is 0 Å². The van der Waals surface area contributed by atoms with Gasteiger partial charge in [-0.1, -0.05) is 12.1 Å². The molecule has 170 valence electrons. The van der Waals surface area contributed by atoms with Gasteiger partial charge in [-0.2, -0.15) is 5.10 Å². The molecule has 9 heteroatoms. The Morgan fingerprint density at radius 3 is 2.67 bits per heavy atom. The molecule has 0 radical (unpaired) electrons. The number of hydrogen-bond acceptors (Lipinski definition) is 7. The molecule has 4 aromatic rings. The Morgan fingerprint density at radius 2 is 1.91 bits per heavy atom. The number of nitrogens with one attached hydrogen (secondary N) is 1. The van der Waals surface area contributed by atoms with Gasteiger partial charge < -0.3 is 20.3 Å². The fourth-order valence-electron chi connectivity index (χ4n) is 3.57. The van der Waals surface area contributed by atoms with E-state index < -0.39 is 12.7 Å². The summed E-state index contributed by atoms with van der Waals surface area (Å²) in [6, 6.07) is 14.5. The third-order valence-corrected chi connectivity index (χ3v) is 5.01. The molecular weight excluding hydrogens is 422 g/mol. The number of aliphatic hydroxyl groups is 2. The smallest absolute Gasteiger partial charge is 0.277 e. The number of aromatic nitrogens is 4. The van der Waals surface area contributed by atoms with Gasteiger partial charge in [0.15, 0.2) is 11.3 Å². The van der Waals surface area contributed by atoms with E-state index in [9.17, 15) is 9.90 Å². The maximum atomic E-state index is 13.1. The molecule has 4 rings (SSSR count). The molecule has 3 N–H and O–H groups in total. The number of nitrogens with zero attached hydrogens (tertiary/aromatic N) is 4. The van der Waals surface area contributed by atoms with Gasteiger partial charge in [0.25, 0.3) is 5.91 Å². The second kappa shape index (κ2) is 9.35. The summed E-state index contributed by atoms with van der Waals surface area (Å²) in [5.74, 6) is 0.598. The van der Waals surface area contributed by atoms with Gasteiger partial charge in [-0.05, 0) is 62.7 Å². The van der Waals surface area contributed by atoms with Crippen molar-refractivity contribution in [1.29, 1.82) is 0 Å². The number of aryl methyl sites for hydroxylation is 3. The fourth-order valence-corrected chi connectivity index (χ4v) is 3.57. The zero-order chi connectivity index (χ0) is 23.5. The normalized spacial score (nSPS) is 12.0. The first-order chi connectivity index (χ1) is 15.9. The summed E-state index contributed by atoms with van der Waals surface area (Å²) in [5.41, 5.74) is 4.42. The largest absolute Gasteiger partial charge is 0.490 e. The average Bonchev–Trinajstić information content (AvgIpc) is 3.11. The van der Waals surface area contributed by atoms with Gasteiger partial charge >= 0.3 is 0 Å². The van der Waals surface area contributed by atoms with E-state index in [4.69, 9.17) is 9.84 Å². The SMILES string of the molecule is Cc1cc(C)nc(NC(=O)c2c(C)nc3ccc(-c4ccccc4OCC(O)CO)nn23)c1. The van der Waals surface area contributed by atoms with Crippen molar-refractivity contribution in [2.45, 2.75) is 26.9 Å². The minimum atomic E-state index is -0.987. The molecule has 1 amide bonds. The molecule has 0 aliphatic carbocycles. The number of rotatable bonds is 7. The summed E-state index contributed by atoms with van der Waals surface area (Å²) < 4.78 is 7.18. The van der Waals surface area contributed by atoms with E-state index in [0.29, 0.717) is 39.9 Å². The lowest BCUT2D eigenvalue weighted by Gasteiger charge is -2.13. The van der Waals surface area contributed by atoms with Gasteiger partial charge in [-0.15, -0.1) is 0 Å². The van der Waals surface area contributed by atoms with Crippen LogP contribution in [0, 0.1) is 20.8 Å². The van der Waals surface area contributed by atoms with Crippen molar-refractivity contribution in [2.75, 3.05) is 18.5 Å². The van der Waals surface area contributed by atoms with Crippen molar-refractivity contribution in [3.8, 4) is 17.0 Å². The van der Waals surface area contributed by atoms with Crippen LogP contribution in [0.25, 0.3) is 16.9 Å². The van der Waals surface area contributed by atoms with Crippen LogP contribution in [0.15, 0.2) is 48.5 Å². The molecule has 0 aliphatic rings. The molecular formula is C24H25N5O4. The number of imidazole rings is 1. The lowest BCUT2D eigenvalue weighted by molar-refractivity contribution is 0.0538. The highest BCUT2D eigenvalue weighted by Gasteiger charge is 2.20. The van der Waals surface area contributed by atoms with Crippen LogP contribution in [0.1, 0.15) is 27.4 Å². The van der Waals surface area contributed by atoms with Crippen LogP contribution in [0.5, 0.6) is 5.75 Å². The predicted molar refractivity (Wildman–Crippen MR) is 123 cm³/mol. The predicted octanol–water partition coefficient (Wildman–Crippen LogP) is 2.70. The first-order valence-electron chi connectivity index (χ1n) is 10.5. The lowest BCUT2D eigenvalue weighted by atomic mass is 10.1. The van der Waals surface area contributed by atoms with Gasteiger partial charge in [0.2, 0.25) is 0 Å². The Morgan fingerprint density at radius 1 is 1.12 bits per heavy atom. The zero-order valence-corrected chi connectivity index (χ0v) is 18.6. The number of hydrogen-bond donors (Lipinski definition) is 3. The van der Waals surface area contributed by atoms with E-state index in [1.165, 1.54) is 4.52 Å². The minimum absolute atomic E-state index is 0.0590. The zero-order valence-electron chi connectivity index (χ0n) is 18.6. The van der Waals surface area contributed by atoms with E-state index in [1.54, 1.807) is 37.3 Å². The number of carbonyl (C=O) groups excluding carboxylic acids is 1. The van der Waals surface area contributed by atoms with E-state index in [2.05, 4.69) is 20.4 Å². The van der Waals surface area contributed by atoms with Crippen molar-refractivity contribution in [2.24, 2.45) is 0 Å². The number of anilines is 1. The molecule has 1 unspecified atom stereocenters. The maximum Gasteiger partial charge on any atom is 0.277 e.